The predicted octanol–water partition coefficient (Wildman–Crippen LogP) is 2.80. The number of aryl methyl sites for hydroxylation is 2. The van der Waals surface area contributed by atoms with E-state index in [1.54, 1.807) is 7.05 Å². The van der Waals surface area contributed by atoms with Crippen molar-refractivity contribution in [3.63, 3.8) is 0 Å². The van der Waals surface area contributed by atoms with Crippen molar-refractivity contribution in [1.29, 1.82) is 0 Å². The second-order valence-electron chi connectivity index (χ2n) is 4.80. The second kappa shape index (κ2) is 6.44. The van der Waals surface area contributed by atoms with Gasteiger partial charge in [-0.2, -0.15) is 0 Å². The maximum atomic E-state index is 12.0. The van der Waals surface area contributed by atoms with Crippen molar-refractivity contribution in [3.8, 4) is 0 Å². The standard InChI is InChI=1S/C14H16N4OS2/c1-15-13-17-18-14(21-13)20-8-12(19)16-11-6-5-9-3-2-4-10(9)7-11/h5-7H,2-4,8H2,1H3,(H,15,17)(H,16,19). The average molecular weight is 320 g/mol. The summed E-state index contributed by atoms with van der Waals surface area (Å²) in [5, 5.41) is 14.6. The van der Waals surface area contributed by atoms with Crippen molar-refractivity contribution in [2.75, 3.05) is 23.4 Å². The van der Waals surface area contributed by atoms with E-state index in [4.69, 9.17) is 0 Å². The minimum atomic E-state index is -0.0147. The Labute approximate surface area is 131 Å². The number of hydrogen-bond donors (Lipinski definition) is 2. The summed E-state index contributed by atoms with van der Waals surface area (Å²) in [6.45, 7) is 0. The van der Waals surface area contributed by atoms with Crippen LogP contribution in [0.1, 0.15) is 17.5 Å². The van der Waals surface area contributed by atoms with Crippen LogP contribution in [0, 0.1) is 0 Å². The molecule has 0 atom stereocenters. The summed E-state index contributed by atoms with van der Waals surface area (Å²) in [7, 11) is 1.80. The molecular formula is C14H16N4OS2. The highest BCUT2D eigenvalue weighted by Gasteiger charge is 2.12. The van der Waals surface area contributed by atoms with Gasteiger partial charge in [-0.1, -0.05) is 29.2 Å². The molecule has 0 unspecified atom stereocenters. The Morgan fingerprint density at radius 2 is 2.19 bits per heavy atom. The van der Waals surface area contributed by atoms with Gasteiger partial charge < -0.3 is 10.6 Å². The smallest absolute Gasteiger partial charge is 0.234 e. The maximum Gasteiger partial charge on any atom is 0.234 e. The van der Waals surface area contributed by atoms with E-state index < -0.39 is 0 Å². The van der Waals surface area contributed by atoms with Crippen LogP contribution in [-0.2, 0) is 17.6 Å². The molecule has 0 saturated heterocycles. The van der Waals surface area contributed by atoms with Gasteiger partial charge in [0.15, 0.2) is 4.34 Å². The molecule has 0 fully saturated rings. The predicted molar refractivity (Wildman–Crippen MR) is 87.3 cm³/mol. The van der Waals surface area contributed by atoms with Gasteiger partial charge in [-0.15, -0.1) is 10.2 Å². The normalized spacial score (nSPS) is 13.0. The van der Waals surface area contributed by atoms with E-state index in [-0.39, 0.29) is 5.91 Å². The van der Waals surface area contributed by atoms with Gasteiger partial charge in [0.1, 0.15) is 0 Å². The van der Waals surface area contributed by atoms with E-state index >= 15 is 0 Å². The minimum Gasteiger partial charge on any atom is -0.363 e. The first-order valence-electron chi connectivity index (χ1n) is 6.80. The Bertz CT molecular complexity index is 656. The van der Waals surface area contributed by atoms with Crippen molar-refractivity contribution in [2.24, 2.45) is 0 Å². The van der Waals surface area contributed by atoms with Gasteiger partial charge in [-0.05, 0) is 42.5 Å². The number of aromatic nitrogens is 2. The third-order valence-electron chi connectivity index (χ3n) is 3.33. The SMILES string of the molecule is CNc1nnc(SCC(=O)Nc2ccc3c(c2)CCC3)s1. The summed E-state index contributed by atoms with van der Waals surface area (Å²) in [5.41, 5.74) is 3.66. The van der Waals surface area contributed by atoms with Crippen LogP contribution in [0.4, 0.5) is 10.8 Å². The first kappa shape index (κ1) is 14.3. The van der Waals surface area contributed by atoms with E-state index in [1.165, 1.54) is 40.6 Å². The number of hydrogen-bond acceptors (Lipinski definition) is 6. The van der Waals surface area contributed by atoms with Crippen LogP contribution in [0.15, 0.2) is 22.5 Å². The zero-order valence-electron chi connectivity index (χ0n) is 11.7. The topological polar surface area (TPSA) is 66.9 Å². The molecule has 0 aliphatic heterocycles. The van der Waals surface area contributed by atoms with E-state index in [2.05, 4.69) is 33.0 Å². The quantitative estimate of drug-likeness (QED) is 0.829. The van der Waals surface area contributed by atoms with Crippen LogP contribution in [-0.4, -0.2) is 28.9 Å². The summed E-state index contributed by atoms with van der Waals surface area (Å²) < 4.78 is 0.795. The Morgan fingerprint density at radius 1 is 1.33 bits per heavy atom. The van der Waals surface area contributed by atoms with Crippen molar-refractivity contribution in [1.82, 2.24) is 10.2 Å². The largest absolute Gasteiger partial charge is 0.363 e. The zero-order valence-corrected chi connectivity index (χ0v) is 13.3. The molecule has 1 aromatic carbocycles. The molecule has 1 aromatic heterocycles. The number of rotatable bonds is 5. The fourth-order valence-corrected chi connectivity index (χ4v) is 3.85. The van der Waals surface area contributed by atoms with Crippen LogP contribution in [0.5, 0.6) is 0 Å². The highest BCUT2D eigenvalue weighted by molar-refractivity contribution is 8.01. The summed E-state index contributed by atoms with van der Waals surface area (Å²) in [6, 6.07) is 6.20. The number of benzene rings is 1. The minimum absolute atomic E-state index is 0.0147. The van der Waals surface area contributed by atoms with E-state index in [0.717, 1.165) is 28.0 Å². The monoisotopic (exact) mass is 320 g/mol. The molecule has 7 heteroatoms. The van der Waals surface area contributed by atoms with Crippen molar-refractivity contribution in [3.05, 3.63) is 29.3 Å². The Balaban J connectivity index is 1.54. The Kier molecular flexibility index (Phi) is 4.40. The van der Waals surface area contributed by atoms with Gasteiger partial charge in [0.2, 0.25) is 11.0 Å². The van der Waals surface area contributed by atoms with Gasteiger partial charge in [0, 0.05) is 12.7 Å². The van der Waals surface area contributed by atoms with Gasteiger partial charge in [0.05, 0.1) is 5.75 Å². The molecule has 0 spiro atoms. The third kappa shape index (κ3) is 3.54. The number of amides is 1. The zero-order chi connectivity index (χ0) is 14.7. The fraction of sp³-hybridized carbons (Fsp3) is 0.357. The molecule has 110 valence electrons. The van der Waals surface area contributed by atoms with Gasteiger partial charge in [0.25, 0.3) is 0 Å². The molecule has 21 heavy (non-hydrogen) atoms. The fourth-order valence-electron chi connectivity index (χ4n) is 2.34. The number of nitrogens with one attached hydrogen (secondary N) is 2. The maximum absolute atomic E-state index is 12.0. The van der Waals surface area contributed by atoms with Crippen molar-refractivity contribution >= 4 is 39.8 Å². The van der Waals surface area contributed by atoms with E-state index in [0.29, 0.717) is 5.75 Å². The van der Waals surface area contributed by atoms with E-state index in [9.17, 15) is 4.79 Å². The lowest BCUT2D eigenvalue weighted by Gasteiger charge is -2.06. The van der Waals surface area contributed by atoms with Crippen LogP contribution < -0.4 is 10.6 Å². The lowest BCUT2D eigenvalue weighted by molar-refractivity contribution is -0.113. The van der Waals surface area contributed by atoms with Crippen LogP contribution in [0.2, 0.25) is 0 Å². The van der Waals surface area contributed by atoms with Gasteiger partial charge >= 0.3 is 0 Å². The molecule has 0 radical (unpaired) electrons. The lowest BCUT2D eigenvalue weighted by Crippen LogP contribution is -2.14. The molecule has 1 aliphatic carbocycles. The lowest BCUT2D eigenvalue weighted by atomic mass is 10.1. The van der Waals surface area contributed by atoms with Crippen LogP contribution in [0.3, 0.4) is 0 Å². The Hall–Kier alpha value is -1.60. The summed E-state index contributed by atoms with van der Waals surface area (Å²) in [5.74, 6) is 0.328. The third-order valence-corrected chi connectivity index (χ3v) is 5.40. The summed E-state index contributed by atoms with van der Waals surface area (Å²) in [4.78, 5) is 12.0. The first-order chi connectivity index (χ1) is 10.2. The number of anilines is 2. The summed E-state index contributed by atoms with van der Waals surface area (Å²) in [6.07, 6.45) is 3.49. The average Bonchev–Trinajstić information content (AvgIpc) is 3.13. The molecule has 2 aromatic rings. The summed E-state index contributed by atoms with van der Waals surface area (Å²) >= 11 is 2.85. The second-order valence-corrected chi connectivity index (χ2v) is 7.00. The van der Waals surface area contributed by atoms with Crippen molar-refractivity contribution in [2.45, 2.75) is 23.6 Å². The molecular weight excluding hydrogens is 304 g/mol. The van der Waals surface area contributed by atoms with E-state index in [1.807, 2.05) is 6.07 Å². The molecule has 1 amide bonds. The highest BCUT2D eigenvalue weighted by Crippen LogP contribution is 2.26. The molecule has 1 aliphatic rings. The highest BCUT2D eigenvalue weighted by atomic mass is 32.2. The molecule has 0 saturated carbocycles. The van der Waals surface area contributed by atoms with Crippen LogP contribution in [0.25, 0.3) is 0 Å². The molecule has 1 heterocycles. The number of nitrogens with zero attached hydrogens (tertiary/aromatic N) is 2. The molecule has 2 N–H and O–H groups in total. The number of fused-ring (bicyclic) bond motifs is 1. The molecule has 3 rings (SSSR count). The molecule has 0 bridgehead atoms. The van der Waals surface area contributed by atoms with Gasteiger partial charge in [-0.3, -0.25) is 4.79 Å². The van der Waals surface area contributed by atoms with Crippen LogP contribution >= 0.6 is 23.1 Å². The van der Waals surface area contributed by atoms with Crippen molar-refractivity contribution < 1.29 is 4.79 Å². The first-order valence-corrected chi connectivity index (χ1v) is 8.60. The van der Waals surface area contributed by atoms with Gasteiger partial charge in [-0.25, -0.2) is 0 Å². The Morgan fingerprint density at radius 3 is 3.00 bits per heavy atom. The number of thioether (sulfide) groups is 1. The molecule has 5 nitrogen and oxygen atoms in total. The number of carbonyl (C=O) groups excluding carboxylic acids is 1. The number of carbonyl (C=O) groups is 1.